The first-order valence-electron chi connectivity index (χ1n) is 10.5. The number of ether oxygens (including phenoxy) is 2. The highest BCUT2D eigenvalue weighted by atomic mass is 35.5. The Morgan fingerprint density at radius 2 is 1.64 bits per heavy atom. The molecule has 1 aliphatic heterocycles. The van der Waals surface area contributed by atoms with Crippen LogP contribution in [0, 0.1) is 0 Å². The molecule has 3 rings (SSSR count). The monoisotopic (exact) mass is 470 g/mol. The molecule has 9 heteroatoms. The molecule has 0 saturated carbocycles. The van der Waals surface area contributed by atoms with E-state index in [2.05, 4.69) is 5.32 Å². The van der Waals surface area contributed by atoms with Gasteiger partial charge in [0, 0.05) is 5.69 Å². The number of imide groups is 1. The fraction of sp³-hybridized carbons (Fsp3) is 0.250. The predicted octanol–water partition coefficient (Wildman–Crippen LogP) is 4.26. The summed E-state index contributed by atoms with van der Waals surface area (Å²) in [7, 11) is 0. The molecule has 0 fully saturated rings. The van der Waals surface area contributed by atoms with Crippen LogP contribution in [0.15, 0.2) is 59.3 Å². The Morgan fingerprint density at radius 3 is 2.30 bits per heavy atom. The van der Waals surface area contributed by atoms with Crippen molar-refractivity contribution in [3.05, 3.63) is 70.4 Å². The molecular formula is C24H23ClN2O6. The molecule has 0 atom stereocenters. The lowest BCUT2D eigenvalue weighted by molar-refractivity contribution is -0.120. The number of carbonyl (C=O) groups excluding carboxylic acids is 4. The second kappa shape index (κ2) is 10.8. The molecule has 0 spiro atoms. The average Bonchev–Trinajstić information content (AvgIpc) is 3.02. The van der Waals surface area contributed by atoms with Gasteiger partial charge in [0.25, 0.3) is 11.8 Å². The molecule has 2 amide bonds. The highest BCUT2D eigenvalue weighted by molar-refractivity contribution is 6.53. The Bertz CT molecular complexity index is 1110. The standard InChI is InChI=1S/C24H23ClN2O6/c1-3-5-13-33-23(30)15-9-11-18(12-10-15)27-21(28)19(25)20(22(27)29)26-17-8-6-7-16(14-17)24(31)32-4-2/h6-12,14,26H,3-5,13H2,1-2H3. The number of nitrogens with one attached hydrogen (secondary N) is 1. The van der Waals surface area contributed by atoms with E-state index < -0.39 is 23.8 Å². The van der Waals surface area contributed by atoms with Crippen molar-refractivity contribution in [1.29, 1.82) is 0 Å². The highest BCUT2D eigenvalue weighted by Gasteiger charge is 2.39. The molecule has 1 N–H and O–H groups in total. The van der Waals surface area contributed by atoms with Crippen LogP contribution >= 0.6 is 11.6 Å². The van der Waals surface area contributed by atoms with Crippen molar-refractivity contribution in [2.45, 2.75) is 26.7 Å². The summed E-state index contributed by atoms with van der Waals surface area (Å²) < 4.78 is 10.1. The molecular weight excluding hydrogens is 448 g/mol. The fourth-order valence-corrected chi connectivity index (χ4v) is 3.28. The molecule has 0 bridgehead atoms. The lowest BCUT2D eigenvalue weighted by Crippen LogP contribution is -2.32. The third-order valence-electron chi connectivity index (χ3n) is 4.76. The topological polar surface area (TPSA) is 102 Å². The zero-order valence-corrected chi connectivity index (χ0v) is 19.0. The van der Waals surface area contributed by atoms with Crippen LogP contribution in [0.5, 0.6) is 0 Å². The van der Waals surface area contributed by atoms with E-state index in [1.807, 2.05) is 6.92 Å². The SMILES string of the molecule is CCCCOC(=O)c1ccc(N2C(=O)C(Cl)=C(Nc3cccc(C(=O)OCC)c3)C2=O)cc1. The van der Waals surface area contributed by atoms with Crippen molar-refractivity contribution in [3.8, 4) is 0 Å². The van der Waals surface area contributed by atoms with Gasteiger partial charge in [-0.3, -0.25) is 9.59 Å². The largest absolute Gasteiger partial charge is 0.462 e. The van der Waals surface area contributed by atoms with Gasteiger partial charge in [-0.25, -0.2) is 14.5 Å². The first kappa shape index (κ1) is 24.0. The molecule has 0 unspecified atom stereocenters. The number of anilines is 2. The molecule has 8 nitrogen and oxygen atoms in total. The van der Waals surface area contributed by atoms with E-state index in [9.17, 15) is 19.2 Å². The summed E-state index contributed by atoms with van der Waals surface area (Å²) in [6.07, 6.45) is 1.67. The van der Waals surface area contributed by atoms with Gasteiger partial charge >= 0.3 is 11.9 Å². The van der Waals surface area contributed by atoms with Gasteiger partial charge in [-0.2, -0.15) is 0 Å². The number of rotatable bonds is 9. The first-order chi connectivity index (χ1) is 15.9. The number of amides is 2. The predicted molar refractivity (Wildman–Crippen MR) is 123 cm³/mol. The Balaban J connectivity index is 1.75. The van der Waals surface area contributed by atoms with Gasteiger partial charge in [-0.05, 0) is 55.8 Å². The summed E-state index contributed by atoms with van der Waals surface area (Å²) in [4.78, 5) is 50.6. The smallest absolute Gasteiger partial charge is 0.338 e. The minimum atomic E-state index is -0.705. The summed E-state index contributed by atoms with van der Waals surface area (Å²) in [6.45, 7) is 4.24. The zero-order chi connectivity index (χ0) is 24.0. The summed E-state index contributed by atoms with van der Waals surface area (Å²) in [5.74, 6) is -2.35. The van der Waals surface area contributed by atoms with E-state index >= 15 is 0 Å². The molecule has 0 aromatic heterocycles. The Morgan fingerprint density at radius 1 is 0.939 bits per heavy atom. The maximum Gasteiger partial charge on any atom is 0.338 e. The van der Waals surface area contributed by atoms with E-state index in [4.69, 9.17) is 21.1 Å². The van der Waals surface area contributed by atoms with Crippen LogP contribution in [0.3, 0.4) is 0 Å². The Kier molecular flexibility index (Phi) is 7.84. The van der Waals surface area contributed by atoms with E-state index in [-0.39, 0.29) is 28.6 Å². The summed E-state index contributed by atoms with van der Waals surface area (Å²) >= 11 is 6.16. The molecule has 33 heavy (non-hydrogen) atoms. The lowest BCUT2D eigenvalue weighted by Gasteiger charge is -2.15. The second-order valence-corrected chi connectivity index (χ2v) is 7.48. The van der Waals surface area contributed by atoms with E-state index in [0.717, 1.165) is 17.7 Å². The van der Waals surface area contributed by atoms with E-state index in [1.165, 1.54) is 30.3 Å². The molecule has 1 heterocycles. The highest BCUT2D eigenvalue weighted by Crippen LogP contribution is 2.30. The van der Waals surface area contributed by atoms with Crippen molar-refractivity contribution in [2.75, 3.05) is 23.4 Å². The van der Waals surface area contributed by atoms with Gasteiger partial charge < -0.3 is 14.8 Å². The number of hydrogen-bond donors (Lipinski definition) is 1. The number of esters is 2. The molecule has 1 aliphatic rings. The third kappa shape index (κ3) is 5.40. The third-order valence-corrected chi connectivity index (χ3v) is 5.11. The maximum atomic E-state index is 13.0. The Labute approximate surface area is 196 Å². The van der Waals surface area contributed by atoms with Crippen LogP contribution in [0.1, 0.15) is 47.4 Å². The second-order valence-electron chi connectivity index (χ2n) is 7.10. The number of halogens is 1. The van der Waals surface area contributed by atoms with Crippen molar-refractivity contribution in [1.82, 2.24) is 0 Å². The van der Waals surface area contributed by atoms with Crippen LogP contribution in [-0.2, 0) is 19.1 Å². The number of hydrogen-bond acceptors (Lipinski definition) is 7. The molecule has 0 aliphatic carbocycles. The minimum Gasteiger partial charge on any atom is -0.462 e. The number of benzene rings is 2. The van der Waals surface area contributed by atoms with Crippen LogP contribution in [0.25, 0.3) is 0 Å². The maximum absolute atomic E-state index is 13.0. The summed E-state index contributed by atoms with van der Waals surface area (Å²) in [5.41, 5.74) is 1.12. The van der Waals surface area contributed by atoms with Gasteiger partial charge in [-0.15, -0.1) is 0 Å². The number of carbonyl (C=O) groups is 4. The zero-order valence-electron chi connectivity index (χ0n) is 18.2. The number of nitrogens with zero attached hydrogens (tertiary/aromatic N) is 1. The van der Waals surface area contributed by atoms with E-state index in [0.29, 0.717) is 17.9 Å². The average molecular weight is 471 g/mol. The Hall–Kier alpha value is -3.65. The molecule has 172 valence electrons. The summed E-state index contributed by atoms with van der Waals surface area (Å²) in [5, 5.41) is 2.53. The van der Waals surface area contributed by atoms with Crippen LogP contribution in [-0.4, -0.2) is 37.0 Å². The lowest BCUT2D eigenvalue weighted by atomic mass is 10.2. The van der Waals surface area contributed by atoms with E-state index in [1.54, 1.807) is 25.1 Å². The van der Waals surface area contributed by atoms with Gasteiger partial charge in [0.2, 0.25) is 0 Å². The van der Waals surface area contributed by atoms with Crippen molar-refractivity contribution < 1.29 is 28.7 Å². The minimum absolute atomic E-state index is 0.120. The molecule has 2 aromatic carbocycles. The molecule has 0 radical (unpaired) electrons. The number of unbranched alkanes of at least 4 members (excludes halogenated alkanes) is 1. The summed E-state index contributed by atoms with van der Waals surface area (Å²) in [6, 6.07) is 12.2. The van der Waals surface area contributed by atoms with Gasteiger partial charge in [-0.1, -0.05) is 31.0 Å². The van der Waals surface area contributed by atoms with Crippen molar-refractivity contribution >= 4 is 46.7 Å². The van der Waals surface area contributed by atoms with Crippen LogP contribution in [0.4, 0.5) is 11.4 Å². The molecule has 0 saturated heterocycles. The van der Waals surface area contributed by atoms with Gasteiger partial charge in [0.05, 0.1) is 30.0 Å². The molecule has 2 aromatic rings. The fourth-order valence-electron chi connectivity index (χ4n) is 3.07. The van der Waals surface area contributed by atoms with Gasteiger partial charge in [0.15, 0.2) is 0 Å². The normalized spacial score (nSPS) is 13.4. The van der Waals surface area contributed by atoms with Crippen LogP contribution < -0.4 is 10.2 Å². The van der Waals surface area contributed by atoms with Gasteiger partial charge in [0.1, 0.15) is 10.7 Å². The first-order valence-corrected chi connectivity index (χ1v) is 10.8. The van der Waals surface area contributed by atoms with Crippen molar-refractivity contribution in [3.63, 3.8) is 0 Å². The quantitative estimate of drug-likeness (QED) is 0.332. The van der Waals surface area contributed by atoms with Crippen LogP contribution in [0.2, 0.25) is 0 Å². The van der Waals surface area contributed by atoms with Crippen molar-refractivity contribution in [2.24, 2.45) is 0 Å².